The molecule has 2 heterocycles. The van der Waals surface area contributed by atoms with Crippen LogP contribution < -0.4 is 10.8 Å². The Labute approximate surface area is 179 Å². The molecule has 10 heteroatoms. The molecule has 0 saturated carbocycles. The molecule has 3 N–H and O–H groups in total. The highest BCUT2D eigenvalue weighted by atomic mass is 35.5. The van der Waals surface area contributed by atoms with Crippen LogP contribution in [0.25, 0.3) is 5.70 Å². The number of alkyl halides is 3. The first-order chi connectivity index (χ1) is 14.3. The third-order valence-electron chi connectivity index (χ3n) is 5.13. The molecule has 1 atom stereocenters. The van der Waals surface area contributed by atoms with Gasteiger partial charge < -0.3 is 5.32 Å². The van der Waals surface area contributed by atoms with Crippen molar-refractivity contribution >= 4 is 35.0 Å². The number of nitrogens with zero attached hydrogens (tertiary/aromatic N) is 1. The first-order valence-electron chi connectivity index (χ1n) is 9.06. The second-order valence-corrected chi connectivity index (χ2v) is 8.36. The van der Waals surface area contributed by atoms with Crippen molar-refractivity contribution in [3.8, 4) is 0 Å². The molecule has 30 heavy (non-hydrogen) atoms. The van der Waals surface area contributed by atoms with E-state index in [1.165, 1.54) is 18.2 Å². The zero-order chi connectivity index (χ0) is 21.5. The Bertz CT molecular complexity index is 1010. The summed E-state index contributed by atoms with van der Waals surface area (Å²) in [5.41, 5.74) is 4.49. The number of hydroxylamine groups is 1. The standard InChI is InChI=1S/C20H17ClF3N3O2S/c21-16-8-13(18(28)26-29)7-12-5-6-27(9-15(12)16)19-25-17(10-30-19)11-1-3-14(4-2-11)20(22,23)24/h1-4,7-8,10,19,25,29H,5-6,9H2,(H,26,28). The molecule has 0 bridgehead atoms. The highest BCUT2D eigenvalue weighted by molar-refractivity contribution is 8.03. The van der Waals surface area contributed by atoms with Gasteiger partial charge in [0.25, 0.3) is 5.91 Å². The molecular formula is C20H17ClF3N3O2S. The van der Waals surface area contributed by atoms with Crippen molar-refractivity contribution in [1.82, 2.24) is 15.7 Å². The summed E-state index contributed by atoms with van der Waals surface area (Å²) in [5.74, 6) is -0.611. The number of carbonyl (C=O) groups is 1. The average molecular weight is 456 g/mol. The molecule has 1 unspecified atom stereocenters. The smallest absolute Gasteiger partial charge is 0.360 e. The monoisotopic (exact) mass is 455 g/mol. The van der Waals surface area contributed by atoms with Crippen molar-refractivity contribution in [3.05, 3.63) is 74.6 Å². The van der Waals surface area contributed by atoms with E-state index in [1.54, 1.807) is 23.3 Å². The number of benzene rings is 2. The molecule has 0 saturated heterocycles. The fourth-order valence-corrected chi connectivity index (χ4v) is 4.85. The number of hydrogen-bond donors (Lipinski definition) is 3. The predicted molar refractivity (Wildman–Crippen MR) is 109 cm³/mol. The maximum atomic E-state index is 12.8. The average Bonchev–Trinajstić information content (AvgIpc) is 3.22. The number of rotatable bonds is 3. The normalized spacial score (nSPS) is 19.1. The van der Waals surface area contributed by atoms with E-state index in [-0.39, 0.29) is 5.50 Å². The van der Waals surface area contributed by atoms with Gasteiger partial charge >= 0.3 is 6.18 Å². The van der Waals surface area contributed by atoms with Crippen molar-refractivity contribution < 1.29 is 23.2 Å². The summed E-state index contributed by atoms with van der Waals surface area (Å²) in [4.78, 5) is 13.8. The summed E-state index contributed by atoms with van der Waals surface area (Å²) in [6.07, 6.45) is -3.68. The number of carbonyl (C=O) groups excluding carboxylic acids is 1. The highest BCUT2D eigenvalue weighted by Gasteiger charge is 2.31. The molecule has 0 radical (unpaired) electrons. The number of amides is 1. The molecule has 0 aliphatic carbocycles. The minimum atomic E-state index is -4.36. The van der Waals surface area contributed by atoms with Gasteiger partial charge in [0.2, 0.25) is 0 Å². The first-order valence-corrected chi connectivity index (χ1v) is 10.4. The minimum absolute atomic E-state index is 0.0769. The van der Waals surface area contributed by atoms with Crippen LogP contribution in [0.5, 0.6) is 0 Å². The van der Waals surface area contributed by atoms with Gasteiger partial charge in [-0.25, -0.2) is 5.48 Å². The molecule has 0 spiro atoms. The Morgan fingerprint density at radius 3 is 2.67 bits per heavy atom. The van der Waals surface area contributed by atoms with E-state index >= 15 is 0 Å². The third kappa shape index (κ3) is 4.15. The zero-order valence-electron chi connectivity index (χ0n) is 15.5. The van der Waals surface area contributed by atoms with Crippen LogP contribution in [0, 0.1) is 0 Å². The molecule has 158 valence electrons. The Balaban J connectivity index is 1.45. The predicted octanol–water partition coefficient (Wildman–Crippen LogP) is 4.45. The van der Waals surface area contributed by atoms with Crippen LogP contribution in [0.3, 0.4) is 0 Å². The van der Waals surface area contributed by atoms with Gasteiger partial charge in [0.1, 0.15) is 5.50 Å². The van der Waals surface area contributed by atoms with Crippen LogP contribution in [0.2, 0.25) is 5.02 Å². The number of nitrogens with one attached hydrogen (secondary N) is 2. The van der Waals surface area contributed by atoms with Crippen molar-refractivity contribution in [1.29, 1.82) is 0 Å². The van der Waals surface area contributed by atoms with Crippen molar-refractivity contribution in [2.75, 3.05) is 6.54 Å². The number of halogens is 4. The largest absolute Gasteiger partial charge is 0.416 e. The van der Waals surface area contributed by atoms with Gasteiger partial charge in [0, 0.05) is 29.4 Å². The topological polar surface area (TPSA) is 64.6 Å². The van der Waals surface area contributed by atoms with E-state index in [9.17, 15) is 18.0 Å². The molecule has 2 aromatic carbocycles. The molecule has 4 rings (SSSR count). The van der Waals surface area contributed by atoms with Gasteiger partial charge in [-0.1, -0.05) is 35.5 Å². The van der Waals surface area contributed by atoms with E-state index in [2.05, 4.69) is 10.2 Å². The van der Waals surface area contributed by atoms with E-state index in [4.69, 9.17) is 16.8 Å². The fourth-order valence-electron chi connectivity index (χ4n) is 3.54. The van der Waals surface area contributed by atoms with Gasteiger partial charge in [0.05, 0.1) is 5.56 Å². The SMILES string of the molecule is O=C(NO)c1cc(Cl)c2c(c1)CCN(C1NC(c3ccc(C(F)(F)F)cc3)=CS1)C2. The second-order valence-electron chi connectivity index (χ2n) is 7.00. The Hall–Kier alpha value is -2.20. The van der Waals surface area contributed by atoms with Crippen molar-refractivity contribution in [2.45, 2.75) is 24.6 Å². The quantitative estimate of drug-likeness (QED) is 0.471. The van der Waals surface area contributed by atoms with Crippen molar-refractivity contribution in [3.63, 3.8) is 0 Å². The van der Waals surface area contributed by atoms with E-state index in [0.717, 1.165) is 29.0 Å². The summed E-state index contributed by atoms with van der Waals surface area (Å²) >= 11 is 7.92. The van der Waals surface area contributed by atoms with E-state index < -0.39 is 17.6 Å². The minimum Gasteiger partial charge on any atom is -0.360 e. The Morgan fingerprint density at radius 1 is 1.27 bits per heavy atom. The first kappa shape index (κ1) is 21.0. The highest BCUT2D eigenvalue weighted by Crippen LogP contribution is 2.35. The summed E-state index contributed by atoms with van der Waals surface area (Å²) < 4.78 is 38.3. The van der Waals surface area contributed by atoms with Crippen LogP contribution >= 0.6 is 23.4 Å². The van der Waals surface area contributed by atoms with Crippen LogP contribution in [-0.2, 0) is 19.1 Å². The van der Waals surface area contributed by atoms with Gasteiger partial charge in [0.15, 0.2) is 0 Å². The Morgan fingerprint density at radius 2 is 2.00 bits per heavy atom. The molecule has 5 nitrogen and oxygen atoms in total. The van der Waals surface area contributed by atoms with Crippen LogP contribution in [-0.4, -0.2) is 28.1 Å². The summed E-state index contributed by atoms with van der Waals surface area (Å²) in [7, 11) is 0. The van der Waals surface area contributed by atoms with Crippen LogP contribution in [0.1, 0.15) is 32.6 Å². The fraction of sp³-hybridized carbons (Fsp3) is 0.250. The molecule has 2 aliphatic heterocycles. The lowest BCUT2D eigenvalue weighted by atomic mass is 9.97. The Kier molecular flexibility index (Phi) is 5.71. The van der Waals surface area contributed by atoms with Gasteiger partial charge in [-0.3, -0.25) is 14.9 Å². The van der Waals surface area contributed by atoms with Gasteiger partial charge in [-0.2, -0.15) is 13.2 Å². The number of fused-ring (bicyclic) bond motifs is 1. The maximum Gasteiger partial charge on any atom is 0.416 e. The number of thioether (sulfide) groups is 1. The van der Waals surface area contributed by atoms with E-state index in [1.807, 2.05) is 5.41 Å². The molecule has 2 aromatic rings. The molecule has 2 aliphatic rings. The van der Waals surface area contributed by atoms with Crippen LogP contribution in [0.15, 0.2) is 41.8 Å². The summed E-state index contributed by atoms with van der Waals surface area (Å²) in [5, 5.41) is 14.5. The summed E-state index contributed by atoms with van der Waals surface area (Å²) in [6, 6.07) is 8.32. The molecule has 1 amide bonds. The zero-order valence-corrected chi connectivity index (χ0v) is 17.0. The van der Waals surface area contributed by atoms with E-state index in [0.29, 0.717) is 35.7 Å². The maximum absolute atomic E-state index is 12.8. The molecule has 0 fully saturated rings. The summed E-state index contributed by atoms with van der Waals surface area (Å²) in [6.45, 7) is 1.28. The van der Waals surface area contributed by atoms with Crippen LogP contribution in [0.4, 0.5) is 13.2 Å². The van der Waals surface area contributed by atoms with Gasteiger partial charge in [-0.15, -0.1) is 0 Å². The van der Waals surface area contributed by atoms with Gasteiger partial charge in [-0.05, 0) is 52.8 Å². The molecule has 0 aromatic heterocycles. The third-order valence-corrected chi connectivity index (χ3v) is 6.51. The number of hydrogen-bond acceptors (Lipinski definition) is 5. The second kappa shape index (κ2) is 8.14. The lowest BCUT2D eigenvalue weighted by Crippen LogP contribution is -2.43. The lowest BCUT2D eigenvalue weighted by molar-refractivity contribution is -0.137. The van der Waals surface area contributed by atoms with Crippen molar-refractivity contribution in [2.24, 2.45) is 0 Å². The molecular weight excluding hydrogens is 439 g/mol. The lowest BCUT2D eigenvalue weighted by Gasteiger charge is -2.34.